The summed E-state index contributed by atoms with van der Waals surface area (Å²) in [7, 11) is 5.23. The van der Waals surface area contributed by atoms with Crippen LogP contribution in [-0.4, -0.2) is 64.2 Å². The highest BCUT2D eigenvalue weighted by Gasteiger charge is 2.22. The zero-order valence-corrected chi connectivity index (χ0v) is 12.9. The maximum absolute atomic E-state index is 11.4. The maximum atomic E-state index is 11.4. The van der Waals surface area contributed by atoms with E-state index < -0.39 is 0 Å². The highest BCUT2D eigenvalue weighted by Crippen LogP contribution is 2.20. The van der Waals surface area contributed by atoms with Crippen LogP contribution in [0, 0.1) is 5.92 Å². The standard InChI is InChI=1S/C14H28N4O2/c1-15-13(19)11-12-5-8-18(9-6-12)14(16-2)17-7-4-10-20-3/h12H,4-11H2,1-3H3,(H,15,19)(H,16,17). The summed E-state index contributed by atoms with van der Waals surface area (Å²) in [5, 5.41) is 6.05. The van der Waals surface area contributed by atoms with Crippen molar-refractivity contribution in [3.63, 3.8) is 0 Å². The van der Waals surface area contributed by atoms with Gasteiger partial charge in [-0.3, -0.25) is 9.79 Å². The fourth-order valence-corrected chi connectivity index (χ4v) is 2.46. The number of rotatable bonds is 6. The smallest absolute Gasteiger partial charge is 0.220 e. The van der Waals surface area contributed by atoms with Crippen LogP contribution >= 0.6 is 0 Å². The zero-order valence-electron chi connectivity index (χ0n) is 12.9. The topological polar surface area (TPSA) is 66.0 Å². The lowest BCUT2D eigenvalue weighted by molar-refractivity contribution is -0.121. The molecular formula is C14H28N4O2. The molecule has 1 fully saturated rings. The Hall–Kier alpha value is -1.30. The number of aliphatic imine (C=N–C) groups is 1. The molecule has 0 unspecified atom stereocenters. The van der Waals surface area contributed by atoms with E-state index in [1.54, 1.807) is 14.2 Å². The monoisotopic (exact) mass is 284 g/mol. The molecule has 0 spiro atoms. The van der Waals surface area contributed by atoms with Crippen LogP contribution in [-0.2, 0) is 9.53 Å². The zero-order chi connectivity index (χ0) is 14.8. The summed E-state index contributed by atoms with van der Waals surface area (Å²) in [4.78, 5) is 18.0. The minimum absolute atomic E-state index is 0.144. The van der Waals surface area contributed by atoms with Crippen molar-refractivity contribution in [2.45, 2.75) is 25.7 Å². The Labute approximate surface area is 122 Å². The number of nitrogens with one attached hydrogen (secondary N) is 2. The molecule has 20 heavy (non-hydrogen) atoms. The Balaban J connectivity index is 2.29. The fraction of sp³-hybridized carbons (Fsp3) is 0.857. The first-order chi connectivity index (χ1) is 9.71. The van der Waals surface area contributed by atoms with Crippen molar-refractivity contribution in [2.75, 3.05) is 47.4 Å². The molecule has 2 N–H and O–H groups in total. The summed E-state index contributed by atoms with van der Waals surface area (Å²) in [6.45, 7) is 3.56. The number of methoxy groups -OCH3 is 1. The van der Waals surface area contributed by atoms with Gasteiger partial charge in [0.25, 0.3) is 0 Å². The molecule has 116 valence electrons. The van der Waals surface area contributed by atoms with Gasteiger partial charge in [-0.15, -0.1) is 0 Å². The molecule has 0 bridgehead atoms. The Morgan fingerprint density at radius 2 is 2.10 bits per heavy atom. The van der Waals surface area contributed by atoms with Gasteiger partial charge in [0, 0.05) is 53.9 Å². The molecule has 1 aliphatic heterocycles. The molecule has 1 amide bonds. The summed E-state index contributed by atoms with van der Waals surface area (Å²) >= 11 is 0. The summed E-state index contributed by atoms with van der Waals surface area (Å²) in [6, 6.07) is 0. The molecule has 1 rings (SSSR count). The molecule has 1 aliphatic rings. The lowest BCUT2D eigenvalue weighted by Crippen LogP contribution is -2.46. The van der Waals surface area contributed by atoms with Gasteiger partial charge in [-0.25, -0.2) is 0 Å². The quantitative estimate of drug-likeness (QED) is 0.422. The number of carbonyl (C=O) groups is 1. The van der Waals surface area contributed by atoms with Gasteiger partial charge in [-0.2, -0.15) is 0 Å². The van der Waals surface area contributed by atoms with Gasteiger partial charge < -0.3 is 20.3 Å². The van der Waals surface area contributed by atoms with Crippen LogP contribution in [0.15, 0.2) is 4.99 Å². The van der Waals surface area contributed by atoms with E-state index >= 15 is 0 Å². The number of likely N-dealkylation sites (tertiary alicyclic amines) is 1. The third kappa shape index (κ3) is 5.77. The molecule has 6 nitrogen and oxygen atoms in total. The SMILES string of the molecule is CN=C(NCCCOC)N1CCC(CC(=O)NC)CC1. The molecule has 0 aromatic rings. The lowest BCUT2D eigenvalue weighted by Gasteiger charge is -2.34. The summed E-state index contributed by atoms with van der Waals surface area (Å²) in [6.07, 6.45) is 3.71. The van der Waals surface area contributed by atoms with E-state index in [1.807, 2.05) is 7.05 Å². The van der Waals surface area contributed by atoms with Crippen molar-refractivity contribution >= 4 is 11.9 Å². The molecular weight excluding hydrogens is 256 g/mol. The van der Waals surface area contributed by atoms with Crippen LogP contribution in [0.3, 0.4) is 0 Å². The van der Waals surface area contributed by atoms with Gasteiger partial charge >= 0.3 is 0 Å². The number of nitrogens with zero attached hydrogens (tertiary/aromatic N) is 2. The average molecular weight is 284 g/mol. The molecule has 6 heteroatoms. The highest BCUT2D eigenvalue weighted by molar-refractivity contribution is 5.80. The first-order valence-corrected chi connectivity index (χ1v) is 7.36. The van der Waals surface area contributed by atoms with Crippen molar-refractivity contribution in [1.29, 1.82) is 0 Å². The second-order valence-electron chi connectivity index (χ2n) is 5.13. The molecule has 0 atom stereocenters. The minimum atomic E-state index is 0.144. The number of amides is 1. The largest absolute Gasteiger partial charge is 0.385 e. The van der Waals surface area contributed by atoms with Crippen molar-refractivity contribution in [2.24, 2.45) is 10.9 Å². The minimum Gasteiger partial charge on any atom is -0.385 e. The number of piperidine rings is 1. The van der Waals surface area contributed by atoms with Crippen LogP contribution in [0.25, 0.3) is 0 Å². The molecule has 0 radical (unpaired) electrons. The summed E-state index contributed by atoms with van der Waals surface area (Å²) in [5.74, 6) is 1.60. The van der Waals surface area contributed by atoms with E-state index in [-0.39, 0.29) is 5.91 Å². The fourth-order valence-electron chi connectivity index (χ4n) is 2.46. The van der Waals surface area contributed by atoms with E-state index in [1.165, 1.54) is 0 Å². The van der Waals surface area contributed by atoms with Gasteiger partial charge in [0.05, 0.1) is 0 Å². The number of guanidine groups is 1. The number of hydrogen-bond acceptors (Lipinski definition) is 3. The van der Waals surface area contributed by atoms with E-state index in [2.05, 4.69) is 20.5 Å². The van der Waals surface area contributed by atoms with Gasteiger partial charge in [-0.05, 0) is 25.2 Å². The van der Waals surface area contributed by atoms with Crippen LogP contribution in [0.2, 0.25) is 0 Å². The van der Waals surface area contributed by atoms with Crippen molar-refractivity contribution in [3.05, 3.63) is 0 Å². The van der Waals surface area contributed by atoms with Crippen LogP contribution in [0.1, 0.15) is 25.7 Å². The predicted octanol–water partition coefficient (Wildman–Crippen LogP) is 0.446. The van der Waals surface area contributed by atoms with E-state index in [0.717, 1.165) is 51.5 Å². The number of hydrogen-bond donors (Lipinski definition) is 2. The molecule has 0 aliphatic carbocycles. The molecule has 0 saturated carbocycles. The van der Waals surface area contributed by atoms with Gasteiger partial charge in [0.15, 0.2) is 5.96 Å². The average Bonchev–Trinajstić information content (AvgIpc) is 2.48. The van der Waals surface area contributed by atoms with Crippen LogP contribution in [0.4, 0.5) is 0 Å². The Bertz CT molecular complexity index is 312. The second kappa shape index (κ2) is 9.58. The highest BCUT2D eigenvalue weighted by atomic mass is 16.5. The lowest BCUT2D eigenvalue weighted by atomic mass is 9.93. The van der Waals surface area contributed by atoms with E-state index in [0.29, 0.717) is 12.3 Å². The summed E-state index contributed by atoms with van der Waals surface area (Å²) in [5.41, 5.74) is 0. The van der Waals surface area contributed by atoms with Gasteiger partial charge in [-0.1, -0.05) is 0 Å². The molecule has 0 aromatic heterocycles. The third-order valence-electron chi connectivity index (χ3n) is 3.69. The van der Waals surface area contributed by atoms with Crippen LogP contribution < -0.4 is 10.6 Å². The van der Waals surface area contributed by atoms with Gasteiger partial charge in [0.2, 0.25) is 5.91 Å². The Morgan fingerprint density at radius 1 is 1.40 bits per heavy atom. The van der Waals surface area contributed by atoms with E-state index in [4.69, 9.17) is 4.74 Å². The molecule has 0 aromatic carbocycles. The number of carbonyl (C=O) groups excluding carboxylic acids is 1. The van der Waals surface area contributed by atoms with Crippen molar-refractivity contribution < 1.29 is 9.53 Å². The first kappa shape index (κ1) is 16.8. The van der Waals surface area contributed by atoms with Crippen molar-refractivity contribution in [3.8, 4) is 0 Å². The van der Waals surface area contributed by atoms with E-state index in [9.17, 15) is 4.79 Å². The Morgan fingerprint density at radius 3 is 2.65 bits per heavy atom. The summed E-state index contributed by atoms with van der Waals surface area (Å²) < 4.78 is 5.03. The normalized spacial score (nSPS) is 17.1. The third-order valence-corrected chi connectivity index (χ3v) is 3.69. The number of ether oxygens (including phenoxy) is 1. The van der Waals surface area contributed by atoms with Crippen LogP contribution in [0.5, 0.6) is 0 Å². The maximum Gasteiger partial charge on any atom is 0.220 e. The predicted molar refractivity (Wildman–Crippen MR) is 80.8 cm³/mol. The molecule has 1 saturated heterocycles. The second-order valence-corrected chi connectivity index (χ2v) is 5.13. The Kier molecular flexibility index (Phi) is 8.02. The van der Waals surface area contributed by atoms with Crippen molar-refractivity contribution in [1.82, 2.24) is 15.5 Å². The molecule has 1 heterocycles. The van der Waals surface area contributed by atoms with Gasteiger partial charge in [0.1, 0.15) is 0 Å². The first-order valence-electron chi connectivity index (χ1n) is 7.36.